The molecule has 5 aromatic rings. The van der Waals surface area contributed by atoms with Gasteiger partial charge in [0.25, 0.3) is 0 Å². The highest BCUT2D eigenvalue weighted by Gasteiger charge is 2.33. The van der Waals surface area contributed by atoms with Crippen LogP contribution in [0.5, 0.6) is 0 Å². The largest absolute Gasteiger partial charge is 0.340 e. The average molecular weight is 507 g/mol. The number of aromatic nitrogens is 6. The topological polar surface area (TPSA) is 130 Å². The van der Waals surface area contributed by atoms with Gasteiger partial charge in [-0.25, -0.2) is 15.0 Å². The quantitative estimate of drug-likeness (QED) is 0.312. The molecule has 2 unspecified atom stereocenters. The number of aromatic amines is 1. The smallest absolute Gasteiger partial charge is 0.231 e. The second-order valence-electron chi connectivity index (χ2n) is 9.35. The molecule has 38 heavy (non-hydrogen) atoms. The van der Waals surface area contributed by atoms with E-state index in [4.69, 9.17) is 5.10 Å². The second kappa shape index (κ2) is 9.55. The number of carbonyl (C=O) groups is 2. The molecule has 2 aromatic carbocycles. The molecular weight excluding hydrogens is 480 g/mol. The lowest BCUT2D eigenvalue weighted by Crippen LogP contribution is -2.25. The highest BCUT2D eigenvalue weighted by atomic mass is 16.2. The van der Waals surface area contributed by atoms with Crippen LogP contribution in [0.3, 0.4) is 0 Å². The van der Waals surface area contributed by atoms with Crippen LogP contribution in [0.1, 0.15) is 54.0 Å². The number of hydrogen-bond donors (Lipinski definition) is 3. The Hall–Kier alpha value is -4.86. The molecule has 0 fully saturated rings. The number of imidazole rings is 1. The molecule has 2 amide bonds. The second-order valence-corrected chi connectivity index (χ2v) is 9.35. The van der Waals surface area contributed by atoms with Gasteiger partial charge in [0.15, 0.2) is 11.5 Å². The third-order valence-corrected chi connectivity index (χ3v) is 7.01. The molecule has 3 N–H and O–H groups in total. The molecule has 0 bridgehead atoms. The predicted octanol–water partition coefficient (Wildman–Crippen LogP) is 4.45. The Balaban J connectivity index is 1.29. The van der Waals surface area contributed by atoms with E-state index in [0.717, 1.165) is 22.4 Å². The zero-order valence-electron chi connectivity index (χ0n) is 21.0. The molecule has 190 valence electrons. The summed E-state index contributed by atoms with van der Waals surface area (Å²) < 4.78 is 1.64. The molecule has 0 spiro atoms. The van der Waals surface area contributed by atoms with Gasteiger partial charge in [-0.2, -0.15) is 9.78 Å². The average Bonchev–Trinajstić information content (AvgIpc) is 3.54. The molecule has 1 aliphatic rings. The molecular formula is C28H26N8O2. The lowest BCUT2D eigenvalue weighted by atomic mass is 9.85. The Morgan fingerprint density at radius 2 is 1.89 bits per heavy atom. The Labute approximate surface area is 218 Å². The van der Waals surface area contributed by atoms with E-state index in [-0.39, 0.29) is 23.7 Å². The zero-order valence-corrected chi connectivity index (χ0v) is 21.0. The number of amides is 2. The van der Waals surface area contributed by atoms with E-state index in [1.54, 1.807) is 11.0 Å². The van der Waals surface area contributed by atoms with Crippen molar-refractivity contribution in [2.45, 2.75) is 38.5 Å². The highest BCUT2D eigenvalue weighted by molar-refractivity contribution is 5.96. The van der Waals surface area contributed by atoms with Crippen LogP contribution in [0.25, 0.3) is 17.0 Å². The third kappa shape index (κ3) is 4.09. The molecule has 0 radical (unpaired) electrons. The minimum Gasteiger partial charge on any atom is -0.340 e. The van der Waals surface area contributed by atoms with Crippen LogP contribution in [0.4, 0.5) is 11.5 Å². The van der Waals surface area contributed by atoms with Crippen LogP contribution in [0.2, 0.25) is 0 Å². The van der Waals surface area contributed by atoms with Crippen molar-refractivity contribution in [2.75, 3.05) is 10.6 Å². The van der Waals surface area contributed by atoms with E-state index in [0.29, 0.717) is 41.3 Å². The first-order valence-corrected chi connectivity index (χ1v) is 12.5. The van der Waals surface area contributed by atoms with Crippen molar-refractivity contribution in [3.05, 3.63) is 89.6 Å². The number of nitrogens with one attached hydrogen (secondary N) is 3. The maximum absolute atomic E-state index is 13.0. The van der Waals surface area contributed by atoms with Gasteiger partial charge < -0.3 is 15.6 Å². The lowest BCUT2D eigenvalue weighted by molar-refractivity contribution is -0.118. The monoisotopic (exact) mass is 506 g/mol. The molecule has 10 nitrogen and oxygen atoms in total. The van der Waals surface area contributed by atoms with Crippen molar-refractivity contribution in [2.24, 2.45) is 0 Å². The standard InChI is InChI=1S/C28H26N8O2/c1-3-20(17-7-5-4-6-8-17)28(38)33-19-11-9-18(10-12-19)21-13-22(37)34-26-23(21)16(2)35-36(26)27-24-25(30-14-29-24)31-15-32-27/h4-12,14-15,20-21H,3,13H2,1-2H3,(H,33,38)(H,34,37)(H,29,30,31,32). The molecule has 0 saturated carbocycles. The summed E-state index contributed by atoms with van der Waals surface area (Å²) >= 11 is 0. The highest BCUT2D eigenvalue weighted by Crippen LogP contribution is 2.40. The molecule has 6 rings (SSSR count). The lowest BCUT2D eigenvalue weighted by Gasteiger charge is -2.24. The van der Waals surface area contributed by atoms with Gasteiger partial charge in [-0.3, -0.25) is 9.59 Å². The normalized spacial score (nSPS) is 15.6. The van der Waals surface area contributed by atoms with Crippen molar-refractivity contribution in [1.29, 1.82) is 0 Å². The summed E-state index contributed by atoms with van der Waals surface area (Å²) in [5, 5.41) is 10.8. The fourth-order valence-electron chi connectivity index (χ4n) is 5.18. The van der Waals surface area contributed by atoms with E-state index >= 15 is 0 Å². The van der Waals surface area contributed by atoms with E-state index in [9.17, 15) is 9.59 Å². The van der Waals surface area contributed by atoms with Gasteiger partial charge >= 0.3 is 0 Å². The molecule has 1 aliphatic heterocycles. The van der Waals surface area contributed by atoms with Gasteiger partial charge in [-0.1, -0.05) is 49.4 Å². The summed E-state index contributed by atoms with van der Waals surface area (Å²) in [6.45, 7) is 3.93. The van der Waals surface area contributed by atoms with Gasteiger partial charge in [-0.15, -0.1) is 0 Å². The van der Waals surface area contributed by atoms with Gasteiger partial charge in [0, 0.05) is 23.6 Å². The number of hydrogen-bond acceptors (Lipinski definition) is 6. The van der Waals surface area contributed by atoms with E-state index in [2.05, 4.69) is 30.6 Å². The summed E-state index contributed by atoms with van der Waals surface area (Å²) in [6, 6.07) is 17.5. The summed E-state index contributed by atoms with van der Waals surface area (Å²) in [6.07, 6.45) is 3.97. The summed E-state index contributed by atoms with van der Waals surface area (Å²) in [5.74, 6) is 0.535. The third-order valence-electron chi connectivity index (χ3n) is 7.01. The number of H-pyrrole nitrogens is 1. The van der Waals surface area contributed by atoms with Crippen molar-refractivity contribution in [3.63, 3.8) is 0 Å². The van der Waals surface area contributed by atoms with Gasteiger partial charge in [0.2, 0.25) is 11.8 Å². The zero-order chi connectivity index (χ0) is 26.2. The summed E-state index contributed by atoms with van der Waals surface area (Å²) in [4.78, 5) is 41.6. The number of anilines is 2. The maximum Gasteiger partial charge on any atom is 0.231 e. The fourth-order valence-corrected chi connectivity index (χ4v) is 5.18. The predicted molar refractivity (Wildman–Crippen MR) is 143 cm³/mol. The first kappa shape index (κ1) is 23.5. The number of fused-ring (bicyclic) bond motifs is 2. The minimum atomic E-state index is -0.225. The van der Waals surface area contributed by atoms with Crippen molar-refractivity contribution >= 4 is 34.5 Å². The molecule has 4 heterocycles. The Bertz CT molecular complexity index is 1640. The van der Waals surface area contributed by atoms with Crippen molar-refractivity contribution < 1.29 is 9.59 Å². The minimum absolute atomic E-state index is 0.0436. The molecule has 0 saturated heterocycles. The SMILES string of the molecule is CCC(C(=O)Nc1ccc(C2CC(=O)Nc3c2c(C)nn3-c2ncnc3nc[nH]c23)cc1)c1ccccc1. The molecule has 10 heteroatoms. The van der Waals surface area contributed by atoms with Crippen LogP contribution in [0, 0.1) is 6.92 Å². The van der Waals surface area contributed by atoms with E-state index in [1.165, 1.54) is 6.33 Å². The number of aryl methyl sites for hydroxylation is 1. The number of benzene rings is 2. The van der Waals surface area contributed by atoms with Crippen LogP contribution < -0.4 is 10.6 Å². The van der Waals surface area contributed by atoms with E-state index in [1.807, 2.05) is 68.4 Å². The molecule has 3 aromatic heterocycles. The van der Waals surface area contributed by atoms with Crippen LogP contribution in [0.15, 0.2) is 67.3 Å². The summed E-state index contributed by atoms with van der Waals surface area (Å²) in [7, 11) is 0. The molecule has 2 atom stereocenters. The Morgan fingerprint density at radius 3 is 2.66 bits per heavy atom. The van der Waals surface area contributed by atoms with Crippen molar-refractivity contribution in [1.82, 2.24) is 29.7 Å². The van der Waals surface area contributed by atoms with Crippen LogP contribution >= 0.6 is 0 Å². The Morgan fingerprint density at radius 1 is 1.11 bits per heavy atom. The first-order valence-electron chi connectivity index (χ1n) is 12.5. The molecule has 0 aliphatic carbocycles. The number of rotatable bonds is 6. The van der Waals surface area contributed by atoms with Gasteiger partial charge in [-0.05, 0) is 36.6 Å². The van der Waals surface area contributed by atoms with Crippen LogP contribution in [-0.4, -0.2) is 41.5 Å². The fraction of sp³-hybridized carbons (Fsp3) is 0.214. The number of carbonyl (C=O) groups excluding carboxylic acids is 2. The van der Waals surface area contributed by atoms with Crippen molar-refractivity contribution in [3.8, 4) is 5.82 Å². The van der Waals surface area contributed by atoms with Gasteiger partial charge in [0.05, 0.1) is 17.9 Å². The first-order chi connectivity index (χ1) is 18.5. The number of nitrogens with zero attached hydrogens (tertiary/aromatic N) is 5. The van der Waals surface area contributed by atoms with Gasteiger partial charge in [0.1, 0.15) is 17.7 Å². The van der Waals surface area contributed by atoms with Crippen LogP contribution in [-0.2, 0) is 9.59 Å². The van der Waals surface area contributed by atoms with E-state index < -0.39 is 0 Å². The maximum atomic E-state index is 13.0. The summed E-state index contributed by atoms with van der Waals surface area (Å²) in [5.41, 5.74) is 5.55. The Kier molecular flexibility index (Phi) is 5.91.